The number of benzene rings is 1. The van der Waals surface area contributed by atoms with Gasteiger partial charge in [0.05, 0.1) is 26.4 Å². The highest BCUT2D eigenvalue weighted by atomic mass is 19.1. The summed E-state index contributed by atoms with van der Waals surface area (Å²) in [5.41, 5.74) is 1.18. The molecule has 0 unspecified atom stereocenters. The SMILES string of the molecule is CC1(COCc2ccc(F)cc2)COC1. The second-order valence-corrected chi connectivity index (χ2v) is 4.42. The van der Waals surface area contributed by atoms with Gasteiger partial charge in [-0.15, -0.1) is 0 Å². The summed E-state index contributed by atoms with van der Waals surface area (Å²) >= 11 is 0. The van der Waals surface area contributed by atoms with Gasteiger partial charge in [-0.1, -0.05) is 19.1 Å². The Morgan fingerprint density at radius 1 is 1.33 bits per heavy atom. The average Bonchev–Trinajstić information content (AvgIpc) is 2.19. The van der Waals surface area contributed by atoms with Crippen molar-refractivity contribution in [3.63, 3.8) is 0 Å². The first kappa shape index (κ1) is 10.6. The number of ether oxygens (including phenoxy) is 2. The van der Waals surface area contributed by atoms with E-state index in [0.717, 1.165) is 18.8 Å². The highest BCUT2D eigenvalue weighted by Crippen LogP contribution is 2.26. The molecular weight excluding hydrogens is 195 g/mol. The van der Waals surface area contributed by atoms with Crippen LogP contribution >= 0.6 is 0 Å². The molecule has 0 spiro atoms. The van der Waals surface area contributed by atoms with Gasteiger partial charge in [-0.2, -0.15) is 0 Å². The van der Waals surface area contributed by atoms with Gasteiger partial charge >= 0.3 is 0 Å². The Hall–Kier alpha value is -0.930. The minimum absolute atomic E-state index is 0.181. The van der Waals surface area contributed by atoms with E-state index >= 15 is 0 Å². The van der Waals surface area contributed by atoms with Gasteiger partial charge in [0.25, 0.3) is 0 Å². The van der Waals surface area contributed by atoms with Gasteiger partial charge in [0.2, 0.25) is 0 Å². The summed E-state index contributed by atoms with van der Waals surface area (Å²) in [5.74, 6) is -0.210. The van der Waals surface area contributed by atoms with Crippen molar-refractivity contribution in [1.29, 1.82) is 0 Å². The molecule has 1 aromatic rings. The van der Waals surface area contributed by atoms with Crippen LogP contribution in [0.3, 0.4) is 0 Å². The van der Waals surface area contributed by atoms with Gasteiger partial charge < -0.3 is 9.47 Å². The summed E-state index contributed by atoms with van der Waals surface area (Å²) in [4.78, 5) is 0. The summed E-state index contributed by atoms with van der Waals surface area (Å²) in [6, 6.07) is 6.39. The molecule has 0 amide bonds. The maximum Gasteiger partial charge on any atom is 0.123 e. The minimum atomic E-state index is -0.210. The Labute approximate surface area is 89.0 Å². The molecule has 2 nitrogen and oxygen atoms in total. The predicted molar refractivity (Wildman–Crippen MR) is 55.0 cm³/mol. The molecule has 0 aromatic heterocycles. The van der Waals surface area contributed by atoms with Crippen molar-refractivity contribution in [3.8, 4) is 0 Å². The Morgan fingerprint density at radius 3 is 2.53 bits per heavy atom. The first-order valence-electron chi connectivity index (χ1n) is 5.08. The lowest BCUT2D eigenvalue weighted by atomic mass is 9.90. The summed E-state index contributed by atoms with van der Waals surface area (Å²) in [6.07, 6.45) is 0. The molecule has 1 aliphatic heterocycles. The van der Waals surface area contributed by atoms with Gasteiger partial charge in [0.1, 0.15) is 5.82 Å². The molecule has 0 bridgehead atoms. The van der Waals surface area contributed by atoms with Gasteiger partial charge in [-0.05, 0) is 17.7 Å². The average molecular weight is 210 g/mol. The molecule has 0 N–H and O–H groups in total. The van der Waals surface area contributed by atoms with Gasteiger partial charge in [0, 0.05) is 5.41 Å². The van der Waals surface area contributed by atoms with Gasteiger partial charge in [-0.25, -0.2) is 4.39 Å². The van der Waals surface area contributed by atoms with E-state index < -0.39 is 0 Å². The zero-order valence-electron chi connectivity index (χ0n) is 8.83. The van der Waals surface area contributed by atoms with Gasteiger partial charge in [0.15, 0.2) is 0 Å². The number of rotatable bonds is 4. The molecule has 3 heteroatoms. The van der Waals surface area contributed by atoms with Crippen molar-refractivity contribution in [2.45, 2.75) is 13.5 Å². The molecule has 1 saturated heterocycles. The summed E-state index contributed by atoms with van der Waals surface area (Å²) in [5, 5.41) is 0. The van der Waals surface area contributed by atoms with Crippen LogP contribution in [0.2, 0.25) is 0 Å². The number of hydrogen-bond acceptors (Lipinski definition) is 2. The normalized spacial score (nSPS) is 18.5. The highest BCUT2D eigenvalue weighted by Gasteiger charge is 2.33. The predicted octanol–water partition coefficient (Wildman–Crippen LogP) is 2.38. The first-order chi connectivity index (χ1) is 7.18. The monoisotopic (exact) mass is 210 g/mol. The smallest absolute Gasteiger partial charge is 0.123 e. The van der Waals surface area contributed by atoms with Crippen LogP contribution in [0.25, 0.3) is 0 Å². The van der Waals surface area contributed by atoms with Crippen LogP contribution in [0.15, 0.2) is 24.3 Å². The summed E-state index contributed by atoms with van der Waals surface area (Å²) in [6.45, 7) is 4.92. The van der Waals surface area contributed by atoms with Crippen molar-refractivity contribution in [2.75, 3.05) is 19.8 Å². The number of hydrogen-bond donors (Lipinski definition) is 0. The van der Waals surface area contributed by atoms with E-state index in [1.54, 1.807) is 12.1 Å². The zero-order valence-corrected chi connectivity index (χ0v) is 8.83. The molecule has 15 heavy (non-hydrogen) atoms. The fraction of sp³-hybridized carbons (Fsp3) is 0.500. The van der Waals surface area contributed by atoms with E-state index in [2.05, 4.69) is 6.92 Å². The van der Waals surface area contributed by atoms with Crippen LogP contribution < -0.4 is 0 Å². The Kier molecular flexibility index (Phi) is 3.03. The van der Waals surface area contributed by atoms with Gasteiger partial charge in [-0.3, -0.25) is 0 Å². The van der Waals surface area contributed by atoms with E-state index in [1.807, 2.05) is 0 Å². The third kappa shape index (κ3) is 2.76. The Morgan fingerprint density at radius 2 is 2.00 bits per heavy atom. The molecule has 2 rings (SSSR count). The van der Waals surface area contributed by atoms with E-state index in [4.69, 9.17) is 9.47 Å². The molecule has 1 aliphatic rings. The molecule has 0 saturated carbocycles. The highest BCUT2D eigenvalue weighted by molar-refractivity contribution is 5.14. The second-order valence-electron chi connectivity index (χ2n) is 4.42. The molecule has 0 atom stereocenters. The van der Waals surface area contributed by atoms with Crippen molar-refractivity contribution >= 4 is 0 Å². The van der Waals surface area contributed by atoms with Crippen LogP contribution in [-0.2, 0) is 16.1 Å². The third-order valence-corrected chi connectivity index (χ3v) is 2.53. The van der Waals surface area contributed by atoms with E-state index in [-0.39, 0.29) is 11.2 Å². The van der Waals surface area contributed by atoms with Crippen LogP contribution in [0.5, 0.6) is 0 Å². The van der Waals surface area contributed by atoms with E-state index in [0.29, 0.717) is 13.2 Å². The summed E-state index contributed by atoms with van der Waals surface area (Å²) < 4.78 is 23.3. The summed E-state index contributed by atoms with van der Waals surface area (Å²) in [7, 11) is 0. The van der Waals surface area contributed by atoms with Crippen molar-refractivity contribution in [1.82, 2.24) is 0 Å². The lowest BCUT2D eigenvalue weighted by Crippen LogP contribution is -2.43. The standard InChI is InChI=1S/C12H15FO2/c1-12(8-15-9-12)7-14-6-10-2-4-11(13)5-3-10/h2-5H,6-9H2,1H3. The lowest BCUT2D eigenvalue weighted by Gasteiger charge is -2.37. The fourth-order valence-corrected chi connectivity index (χ4v) is 1.53. The zero-order chi connectivity index (χ0) is 10.7. The maximum atomic E-state index is 12.6. The molecule has 82 valence electrons. The topological polar surface area (TPSA) is 18.5 Å². The molecule has 0 radical (unpaired) electrons. The Balaban J connectivity index is 1.76. The first-order valence-corrected chi connectivity index (χ1v) is 5.08. The Bertz CT molecular complexity index is 317. The third-order valence-electron chi connectivity index (χ3n) is 2.53. The number of halogens is 1. The lowest BCUT2D eigenvalue weighted by molar-refractivity contribution is -0.140. The van der Waals surface area contributed by atoms with Crippen LogP contribution in [0.1, 0.15) is 12.5 Å². The molecule has 1 aromatic carbocycles. The van der Waals surface area contributed by atoms with Crippen molar-refractivity contribution in [2.24, 2.45) is 5.41 Å². The van der Waals surface area contributed by atoms with Crippen molar-refractivity contribution in [3.05, 3.63) is 35.6 Å². The molecular formula is C12H15FO2. The maximum absolute atomic E-state index is 12.6. The minimum Gasteiger partial charge on any atom is -0.380 e. The van der Waals surface area contributed by atoms with Crippen LogP contribution in [-0.4, -0.2) is 19.8 Å². The van der Waals surface area contributed by atoms with E-state index in [1.165, 1.54) is 12.1 Å². The molecule has 1 heterocycles. The quantitative estimate of drug-likeness (QED) is 0.759. The largest absolute Gasteiger partial charge is 0.380 e. The molecule has 1 fully saturated rings. The fourth-order valence-electron chi connectivity index (χ4n) is 1.53. The van der Waals surface area contributed by atoms with Crippen LogP contribution in [0, 0.1) is 11.2 Å². The second kappa shape index (κ2) is 4.29. The van der Waals surface area contributed by atoms with Crippen molar-refractivity contribution < 1.29 is 13.9 Å². The molecule has 0 aliphatic carbocycles. The van der Waals surface area contributed by atoms with E-state index in [9.17, 15) is 4.39 Å². The van der Waals surface area contributed by atoms with Crippen LogP contribution in [0.4, 0.5) is 4.39 Å².